The highest BCUT2D eigenvalue weighted by atomic mass is 32.1. The number of hydrogen-bond donors (Lipinski definition) is 1. The van der Waals surface area contributed by atoms with Gasteiger partial charge in [-0.3, -0.25) is 9.89 Å². The number of aryl methyl sites for hydroxylation is 1. The Morgan fingerprint density at radius 1 is 1.50 bits per heavy atom. The van der Waals surface area contributed by atoms with Crippen LogP contribution in [0.15, 0.2) is 29.9 Å². The van der Waals surface area contributed by atoms with Gasteiger partial charge >= 0.3 is 0 Å². The average molecular weight is 342 g/mol. The Hall–Kier alpha value is -2.48. The van der Waals surface area contributed by atoms with Crippen LogP contribution in [-0.4, -0.2) is 48.9 Å². The number of likely N-dealkylation sites (tertiary alicyclic amines) is 1. The number of hydrogen-bond acceptors (Lipinski definition) is 5. The molecule has 3 aromatic heterocycles. The summed E-state index contributed by atoms with van der Waals surface area (Å²) in [5.74, 6) is 0.941. The normalized spacial score (nSPS) is 17.5. The molecule has 3 aromatic rings. The summed E-state index contributed by atoms with van der Waals surface area (Å²) in [7, 11) is 0. The maximum absolute atomic E-state index is 12.7. The SMILES string of the molecule is CCc1nncn1C1CCN(C(=O)c2cc(-c3cccs3)[nH]n2)C1. The fourth-order valence-electron chi connectivity index (χ4n) is 3.13. The van der Waals surface area contributed by atoms with E-state index in [2.05, 4.69) is 31.9 Å². The zero-order valence-corrected chi connectivity index (χ0v) is 14.2. The van der Waals surface area contributed by atoms with Gasteiger partial charge in [0.15, 0.2) is 5.69 Å². The minimum absolute atomic E-state index is 0.0253. The first-order valence-corrected chi connectivity index (χ1v) is 8.91. The van der Waals surface area contributed by atoms with Crippen molar-refractivity contribution < 1.29 is 4.79 Å². The number of H-pyrrole nitrogens is 1. The molecule has 0 bridgehead atoms. The first-order valence-electron chi connectivity index (χ1n) is 8.03. The van der Waals surface area contributed by atoms with E-state index in [1.807, 2.05) is 28.5 Å². The summed E-state index contributed by atoms with van der Waals surface area (Å²) in [6.07, 6.45) is 3.52. The maximum Gasteiger partial charge on any atom is 0.274 e. The Kier molecular flexibility index (Phi) is 3.89. The van der Waals surface area contributed by atoms with Gasteiger partial charge in [-0.05, 0) is 23.9 Å². The van der Waals surface area contributed by atoms with Gasteiger partial charge in [0, 0.05) is 19.5 Å². The van der Waals surface area contributed by atoms with Crippen molar-refractivity contribution >= 4 is 17.2 Å². The third-order valence-corrected chi connectivity index (χ3v) is 5.29. The fraction of sp³-hybridized carbons (Fsp3) is 0.375. The zero-order valence-electron chi connectivity index (χ0n) is 13.3. The molecule has 1 atom stereocenters. The maximum atomic E-state index is 12.7. The van der Waals surface area contributed by atoms with E-state index < -0.39 is 0 Å². The lowest BCUT2D eigenvalue weighted by Crippen LogP contribution is -2.29. The van der Waals surface area contributed by atoms with Crippen molar-refractivity contribution in [2.45, 2.75) is 25.8 Å². The first kappa shape index (κ1) is 15.1. The van der Waals surface area contributed by atoms with Crippen LogP contribution in [0.4, 0.5) is 0 Å². The Labute approximate surface area is 143 Å². The lowest BCUT2D eigenvalue weighted by molar-refractivity contribution is 0.0781. The Morgan fingerprint density at radius 3 is 3.21 bits per heavy atom. The number of aromatic nitrogens is 5. The standard InChI is InChI=1S/C16H18N6OS/c1-2-15-20-17-10-22(15)11-5-6-21(9-11)16(23)13-8-12(18-19-13)14-4-3-7-24-14/h3-4,7-8,10-11H,2,5-6,9H2,1H3,(H,18,19). The molecule has 1 aliphatic rings. The molecule has 0 spiro atoms. The lowest BCUT2D eigenvalue weighted by Gasteiger charge is -2.16. The second-order valence-corrected chi connectivity index (χ2v) is 6.79. The predicted octanol–water partition coefficient (Wildman–Crippen LogP) is 2.38. The molecule has 1 amide bonds. The Balaban J connectivity index is 1.48. The highest BCUT2D eigenvalue weighted by molar-refractivity contribution is 7.13. The van der Waals surface area contributed by atoms with Crippen LogP contribution >= 0.6 is 11.3 Å². The van der Waals surface area contributed by atoms with Crippen molar-refractivity contribution in [2.24, 2.45) is 0 Å². The molecule has 1 aliphatic heterocycles. The molecular weight excluding hydrogens is 324 g/mol. The van der Waals surface area contributed by atoms with E-state index in [9.17, 15) is 4.79 Å². The average Bonchev–Trinajstić information content (AvgIpc) is 3.41. The Morgan fingerprint density at radius 2 is 2.42 bits per heavy atom. The van der Waals surface area contributed by atoms with E-state index in [0.29, 0.717) is 12.2 Å². The minimum Gasteiger partial charge on any atom is -0.335 e. The largest absolute Gasteiger partial charge is 0.335 e. The number of nitrogens with one attached hydrogen (secondary N) is 1. The molecule has 1 unspecified atom stereocenters. The lowest BCUT2D eigenvalue weighted by atomic mass is 10.2. The molecule has 1 N–H and O–H groups in total. The molecule has 8 heteroatoms. The summed E-state index contributed by atoms with van der Waals surface area (Å²) < 4.78 is 2.09. The van der Waals surface area contributed by atoms with E-state index in [-0.39, 0.29) is 11.9 Å². The van der Waals surface area contributed by atoms with Crippen LogP contribution in [0.2, 0.25) is 0 Å². The predicted molar refractivity (Wildman–Crippen MR) is 90.9 cm³/mol. The van der Waals surface area contributed by atoms with Crippen molar-refractivity contribution in [1.82, 2.24) is 29.9 Å². The van der Waals surface area contributed by atoms with Crippen molar-refractivity contribution in [2.75, 3.05) is 13.1 Å². The van der Waals surface area contributed by atoms with Gasteiger partial charge in [0.25, 0.3) is 5.91 Å². The van der Waals surface area contributed by atoms with Gasteiger partial charge in [0.1, 0.15) is 12.2 Å². The van der Waals surface area contributed by atoms with Gasteiger partial charge in [-0.15, -0.1) is 21.5 Å². The van der Waals surface area contributed by atoms with Crippen LogP contribution < -0.4 is 0 Å². The van der Waals surface area contributed by atoms with E-state index in [4.69, 9.17) is 0 Å². The summed E-state index contributed by atoms with van der Waals surface area (Å²) in [5, 5.41) is 17.3. The van der Waals surface area contributed by atoms with Crippen LogP contribution in [0.1, 0.15) is 35.7 Å². The quantitative estimate of drug-likeness (QED) is 0.789. The number of carbonyl (C=O) groups is 1. The summed E-state index contributed by atoms with van der Waals surface area (Å²) in [4.78, 5) is 15.6. The van der Waals surface area contributed by atoms with Gasteiger partial charge in [-0.2, -0.15) is 5.10 Å². The fourth-order valence-corrected chi connectivity index (χ4v) is 3.82. The van der Waals surface area contributed by atoms with Gasteiger partial charge in [-0.1, -0.05) is 13.0 Å². The number of carbonyl (C=O) groups excluding carboxylic acids is 1. The molecule has 0 radical (unpaired) electrons. The van der Waals surface area contributed by atoms with E-state index in [1.165, 1.54) is 0 Å². The number of aromatic amines is 1. The summed E-state index contributed by atoms with van der Waals surface area (Å²) in [6, 6.07) is 6.07. The molecule has 0 aliphatic carbocycles. The zero-order chi connectivity index (χ0) is 16.5. The summed E-state index contributed by atoms with van der Waals surface area (Å²) >= 11 is 1.62. The number of thiophene rings is 1. The molecule has 4 rings (SSSR count). The minimum atomic E-state index is -0.0253. The van der Waals surface area contributed by atoms with Crippen LogP contribution in [0.3, 0.4) is 0 Å². The van der Waals surface area contributed by atoms with Crippen molar-refractivity contribution in [1.29, 1.82) is 0 Å². The third kappa shape index (κ3) is 2.62. The monoisotopic (exact) mass is 342 g/mol. The molecule has 4 heterocycles. The van der Waals surface area contributed by atoms with Crippen LogP contribution in [0, 0.1) is 0 Å². The van der Waals surface area contributed by atoms with Crippen LogP contribution in [0.25, 0.3) is 10.6 Å². The van der Waals surface area contributed by atoms with E-state index in [0.717, 1.165) is 35.8 Å². The van der Waals surface area contributed by atoms with Crippen molar-refractivity contribution in [3.8, 4) is 10.6 Å². The molecular formula is C16H18N6OS. The van der Waals surface area contributed by atoms with Crippen molar-refractivity contribution in [3.63, 3.8) is 0 Å². The first-order chi connectivity index (χ1) is 11.8. The van der Waals surface area contributed by atoms with Gasteiger partial charge in [0.2, 0.25) is 0 Å². The van der Waals surface area contributed by atoms with Crippen LogP contribution in [0.5, 0.6) is 0 Å². The third-order valence-electron chi connectivity index (χ3n) is 4.39. The summed E-state index contributed by atoms with van der Waals surface area (Å²) in [6.45, 7) is 3.46. The number of rotatable bonds is 4. The molecule has 1 saturated heterocycles. The van der Waals surface area contributed by atoms with Gasteiger partial charge in [-0.25, -0.2) is 0 Å². The van der Waals surface area contributed by atoms with Crippen molar-refractivity contribution in [3.05, 3.63) is 41.4 Å². The molecule has 124 valence electrons. The highest BCUT2D eigenvalue weighted by Gasteiger charge is 2.30. The van der Waals surface area contributed by atoms with E-state index >= 15 is 0 Å². The molecule has 24 heavy (non-hydrogen) atoms. The Bertz CT molecular complexity index is 837. The number of amides is 1. The molecule has 7 nitrogen and oxygen atoms in total. The van der Waals surface area contributed by atoms with Gasteiger partial charge in [0.05, 0.1) is 16.6 Å². The highest BCUT2D eigenvalue weighted by Crippen LogP contribution is 2.26. The van der Waals surface area contributed by atoms with Gasteiger partial charge < -0.3 is 9.47 Å². The topological polar surface area (TPSA) is 79.7 Å². The summed E-state index contributed by atoms with van der Waals surface area (Å²) in [5.41, 5.74) is 1.36. The molecule has 1 fully saturated rings. The second-order valence-electron chi connectivity index (χ2n) is 5.85. The van der Waals surface area contributed by atoms with E-state index in [1.54, 1.807) is 17.7 Å². The molecule has 0 saturated carbocycles. The second kappa shape index (κ2) is 6.20. The smallest absolute Gasteiger partial charge is 0.274 e. The molecule has 0 aromatic carbocycles. The number of nitrogens with zero attached hydrogens (tertiary/aromatic N) is 5. The van der Waals surface area contributed by atoms with Crippen LogP contribution in [-0.2, 0) is 6.42 Å².